The van der Waals surface area contributed by atoms with Crippen LogP contribution in [0.3, 0.4) is 0 Å². The van der Waals surface area contributed by atoms with E-state index in [-0.39, 0.29) is 0 Å². The van der Waals surface area contributed by atoms with E-state index in [0.717, 1.165) is 0 Å². The summed E-state index contributed by atoms with van der Waals surface area (Å²) >= 11 is 0. The zero-order valence-corrected chi connectivity index (χ0v) is 5.36. The first-order chi connectivity index (χ1) is 4.52. The van der Waals surface area contributed by atoms with Crippen molar-refractivity contribution in [1.29, 1.82) is 0 Å². The van der Waals surface area contributed by atoms with Gasteiger partial charge in [0.25, 0.3) is 5.92 Å². The zero-order chi connectivity index (χ0) is 8.20. The van der Waals surface area contributed by atoms with Gasteiger partial charge in [0.1, 0.15) is 6.42 Å². The van der Waals surface area contributed by atoms with E-state index in [4.69, 9.17) is 0 Å². The molecule has 0 atom stereocenters. The number of rotatable bonds is 3. The SMILES string of the molecule is CCC(F)(F)CC(=O)OF. The Labute approximate surface area is 55.9 Å². The van der Waals surface area contributed by atoms with Gasteiger partial charge in [-0.1, -0.05) is 6.92 Å². The molecule has 0 aliphatic rings. The summed E-state index contributed by atoms with van der Waals surface area (Å²) < 4.78 is 35.1. The van der Waals surface area contributed by atoms with E-state index in [1.807, 2.05) is 0 Å². The van der Waals surface area contributed by atoms with E-state index in [2.05, 4.69) is 4.94 Å². The van der Waals surface area contributed by atoms with Crippen LogP contribution < -0.4 is 0 Å². The molecule has 0 rings (SSSR count). The average molecular weight is 156 g/mol. The van der Waals surface area contributed by atoms with Crippen molar-refractivity contribution in [3.63, 3.8) is 0 Å². The minimum Gasteiger partial charge on any atom is -0.255 e. The molecule has 0 N–H and O–H groups in total. The van der Waals surface area contributed by atoms with Gasteiger partial charge in [0, 0.05) is 10.9 Å². The number of carbonyl (C=O) groups is 1. The Kier molecular flexibility index (Phi) is 3.18. The van der Waals surface area contributed by atoms with Gasteiger partial charge in [-0.25, -0.2) is 13.6 Å². The molecule has 2 nitrogen and oxygen atoms in total. The van der Waals surface area contributed by atoms with Gasteiger partial charge >= 0.3 is 5.97 Å². The summed E-state index contributed by atoms with van der Waals surface area (Å²) in [7, 11) is 0. The first-order valence-corrected chi connectivity index (χ1v) is 2.71. The topological polar surface area (TPSA) is 26.3 Å². The molecule has 0 fully saturated rings. The maximum Gasteiger partial charge on any atom is 0.354 e. The molecule has 0 unspecified atom stereocenters. The van der Waals surface area contributed by atoms with Crippen molar-refractivity contribution < 1.29 is 23.0 Å². The van der Waals surface area contributed by atoms with Gasteiger partial charge in [0.2, 0.25) is 0 Å². The lowest BCUT2D eigenvalue weighted by atomic mass is 10.2. The molecule has 5 heteroatoms. The van der Waals surface area contributed by atoms with Gasteiger partial charge in [-0.15, -0.1) is 0 Å². The van der Waals surface area contributed by atoms with Crippen LogP contribution in [0.5, 0.6) is 0 Å². The van der Waals surface area contributed by atoms with Crippen LogP contribution in [0.2, 0.25) is 0 Å². The highest BCUT2D eigenvalue weighted by Crippen LogP contribution is 2.22. The number of halogens is 3. The van der Waals surface area contributed by atoms with E-state index in [1.54, 1.807) is 0 Å². The maximum atomic E-state index is 12.1. The van der Waals surface area contributed by atoms with E-state index in [0.29, 0.717) is 0 Å². The molecule has 0 aromatic carbocycles. The van der Waals surface area contributed by atoms with E-state index in [9.17, 15) is 18.1 Å². The Hall–Kier alpha value is -0.740. The van der Waals surface area contributed by atoms with Crippen LogP contribution in [0.25, 0.3) is 0 Å². The molecule has 0 aliphatic heterocycles. The number of hydrogen-bond acceptors (Lipinski definition) is 2. The highest BCUT2D eigenvalue weighted by atomic mass is 19.3. The fourth-order valence-electron chi connectivity index (χ4n) is 0.363. The van der Waals surface area contributed by atoms with Gasteiger partial charge < -0.3 is 0 Å². The standard InChI is InChI=1S/C5H7F3O2/c1-2-5(6,7)3-4(9)10-8/h2-3H2,1H3. The van der Waals surface area contributed by atoms with Crippen LogP contribution in [0, 0.1) is 0 Å². The maximum absolute atomic E-state index is 12.1. The van der Waals surface area contributed by atoms with E-state index in [1.165, 1.54) is 6.92 Å². The third-order valence-corrected chi connectivity index (χ3v) is 1.01. The summed E-state index contributed by atoms with van der Waals surface area (Å²) in [5, 5.41) is 0. The fraction of sp³-hybridized carbons (Fsp3) is 0.800. The molecule has 0 heterocycles. The Balaban J connectivity index is 3.76. The molecule has 60 valence electrons. The monoisotopic (exact) mass is 156 g/mol. The van der Waals surface area contributed by atoms with Crippen LogP contribution in [0.1, 0.15) is 19.8 Å². The van der Waals surface area contributed by atoms with E-state index >= 15 is 0 Å². The number of alkyl halides is 2. The molecule has 0 aromatic rings. The minimum atomic E-state index is -3.15. The van der Waals surface area contributed by atoms with Crippen molar-refractivity contribution in [3.8, 4) is 0 Å². The van der Waals surface area contributed by atoms with Crippen molar-refractivity contribution in [2.75, 3.05) is 0 Å². The van der Waals surface area contributed by atoms with Crippen molar-refractivity contribution in [3.05, 3.63) is 0 Å². The molecule has 0 radical (unpaired) electrons. The second-order valence-electron chi connectivity index (χ2n) is 1.84. The molecule has 0 aromatic heterocycles. The van der Waals surface area contributed by atoms with Crippen molar-refractivity contribution in [2.45, 2.75) is 25.7 Å². The molecule has 0 aliphatic carbocycles. The lowest BCUT2D eigenvalue weighted by Crippen LogP contribution is -2.19. The van der Waals surface area contributed by atoms with Gasteiger partial charge in [0.05, 0.1) is 0 Å². The third-order valence-electron chi connectivity index (χ3n) is 1.01. The number of hydrogen-bond donors (Lipinski definition) is 0. The second kappa shape index (κ2) is 3.43. The average Bonchev–Trinajstić information content (AvgIpc) is 1.87. The van der Waals surface area contributed by atoms with Gasteiger partial charge in [-0.05, 0) is 0 Å². The molecule has 0 amide bonds. The predicted molar refractivity (Wildman–Crippen MR) is 27.1 cm³/mol. The summed E-state index contributed by atoms with van der Waals surface area (Å²) in [6.45, 7) is 1.20. The zero-order valence-electron chi connectivity index (χ0n) is 5.36. The van der Waals surface area contributed by atoms with Crippen LogP contribution in [0.15, 0.2) is 0 Å². The first kappa shape index (κ1) is 9.26. The summed E-state index contributed by atoms with van der Waals surface area (Å²) in [5.74, 6) is -4.68. The van der Waals surface area contributed by atoms with Crippen LogP contribution in [-0.4, -0.2) is 11.9 Å². The van der Waals surface area contributed by atoms with Gasteiger partial charge in [-0.2, -0.15) is 0 Å². The van der Waals surface area contributed by atoms with Gasteiger partial charge in [0.15, 0.2) is 0 Å². The molecule has 10 heavy (non-hydrogen) atoms. The summed E-state index contributed by atoms with van der Waals surface area (Å²) in [6, 6.07) is 0. The third kappa shape index (κ3) is 3.32. The Bertz CT molecular complexity index is 124. The van der Waals surface area contributed by atoms with Crippen LogP contribution in [-0.2, 0) is 9.74 Å². The lowest BCUT2D eigenvalue weighted by Gasteiger charge is -2.09. The quantitative estimate of drug-likeness (QED) is 0.623. The van der Waals surface area contributed by atoms with E-state index < -0.39 is 24.7 Å². The molecular formula is C5H7F3O2. The molecule has 0 spiro atoms. The highest BCUT2D eigenvalue weighted by Gasteiger charge is 2.31. The minimum absolute atomic E-state index is 0.498. The molecule has 0 saturated carbocycles. The second-order valence-corrected chi connectivity index (χ2v) is 1.84. The van der Waals surface area contributed by atoms with Crippen LogP contribution in [0.4, 0.5) is 13.3 Å². The summed E-state index contributed by atoms with van der Waals surface area (Å²) in [4.78, 5) is 12.5. The summed E-state index contributed by atoms with van der Waals surface area (Å²) in [6.07, 6.45) is -1.69. The van der Waals surface area contributed by atoms with Crippen molar-refractivity contribution >= 4 is 5.97 Å². The molecule has 0 saturated heterocycles. The molecular weight excluding hydrogens is 149 g/mol. The fourth-order valence-corrected chi connectivity index (χ4v) is 0.363. The lowest BCUT2D eigenvalue weighted by molar-refractivity contribution is -0.190. The Morgan fingerprint density at radius 3 is 2.40 bits per heavy atom. The normalized spacial score (nSPS) is 11.2. The highest BCUT2D eigenvalue weighted by molar-refractivity contribution is 5.69. The Morgan fingerprint density at radius 2 is 2.10 bits per heavy atom. The molecule has 0 bridgehead atoms. The predicted octanol–water partition coefficient (Wildman–Crippen LogP) is 1.85. The van der Waals surface area contributed by atoms with Crippen molar-refractivity contribution in [1.82, 2.24) is 0 Å². The first-order valence-electron chi connectivity index (χ1n) is 2.71. The van der Waals surface area contributed by atoms with Gasteiger partial charge in [-0.3, -0.25) is 4.94 Å². The number of carbonyl (C=O) groups excluding carboxylic acids is 1. The Morgan fingerprint density at radius 1 is 1.60 bits per heavy atom. The van der Waals surface area contributed by atoms with Crippen molar-refractivity contribution in [2.24, 2.45) is 0 Å². The van der Waals surface area contributed by atoms with Crippen LogP contribution >= 0.6 is 0 Å². The summed E-state index contributed by atoms with van der Waals surface area (Å²) in [5.41, 5.74) is 0. The largest absolute Gasteiger partial charge is 0.354 e. The smallest absolute Gasteiger partial charge is 0.255 e.